The second kappa shape index (κ2) is 4.74. The van der Waals surface area contributed by atoms with Crippen molar-refractivity contribution in [2.24, 2.45) is 5.73 Å². The van der Waals surface area contributed by atoms with Crippen molar-refractivity contribution in [3.63, 3.8) is 0 Å². The van der Waals surface area contributed by atoms with Gasteiger partial charge in [0, 0.05) is 21.1 Å². The van der Waals surface area contributed by atoms with E-state index in [0.717, 1.165) is 46.8 Å². The summed E-state index contributed by atoms with van der Waals surface area (Å²) < 4.78 is 6.30. The van der Waals surface area contributed by atoms with E-state index in [-0.39, 0.29) is 5.75 Å². The van der Waals surface area contributed by atoms with Crippen LogP contribution in [0.25, 0.3) is 0 Å². The molecule has 3 nitrogen and oxygen atoms in total. The third kappa shape index (κ3) is 1.91. The SMILES string of the molecule is COc1c(C)c(Br)c(C)c(C2(N)CCCC2)c1O. The molecular formula is C14H20BrNO2. The summed E-state index contributed by atoms with van der Waals surface area (Å²) in [7, 11) is 1.57. The molecule has 0 bridgehead atoms. The average molecular weight is 314 g/mol. The van der Waals surface area contributed by atoms with Crippen LogP contribution in [0.15, 0.2) is 4.47 Å². The summed E-state index contributed by atoms with van der Waals surface area (Å²) in [4.78, 5) is 0. The third-order valence-corrected chi connectivity index (χ3v) is 5.21. The van der Waals surface area contributed by atoms with E-state index in [1.807, 2.05) is 13.8 Å². The van der Waals surface area contributed by atoms with Gasteiger partial charge in [0.2, 0.25) is 0 Å². The molecule has 2 rings (SSSR count). The molecular weight excluding hydrogens is 294 g/mol. The van der Waals surface area contributed by atoms with Crippen LogP contribution in [0, 0.1) is 13.8 Å². The molecule has 18 heavy (non-hydrogen) atoms. The van der Waals surface area contributed by atoms with Crippen molar-refractivity contribution in [2.75, 3.05) is 7.11 Å². The summed E-state index contributed by atoms with van der Waals surface area (Å²) in [5.74, 6) is 0.735. The van der Waals surface area contributed by atoms with Gasteiger partial charge in [-0.2, -0.15) is 0 Å². The number of rotatable bonds is 2. The molecule has 0 radical (unpaired) electrons. The number of benzene rings is 1. The third-order valence-electron chi connectivity index (χ3n) is 4.02. The van der Waals surface area contributed by atoms with Crippen LogP contribution >= 0.6 is 15.9 Å². The fraction of sp³-hybridized carbons (Fsp3) is 0.571. The molecule has 3 N–H and O–H groups in total. The highest BCUT2D eigenvalue weighted by atomic mass is 79.9. The molecule has 1 aliphatic rings. The first-order chi connectivity index (χ1) is 8.42. The van der Waals surface area contributed by atoms with Gasteiger partial charge in [-0.15, -0.1) is 0 Å². The molecule has 0 heterocycles. The summed E-state index contributed by atoms with van der Waals surface area (Å²) in [6.07, 6.45) is 4.06. The Morgan fingerprint density at radius 1 is 1.22 bits per heavy atom. The zero-order valence-corrected chi connectivity index (χ0v) is 12.7. The second-order valence-corrected chi connectivity index (χ2v) is 5.98. The largest absolute Gasteiger partial charge is 0.504 e. The standard InChI is InChI=1S/C14H20BrNO2/c1-8-10(14(16)6-4-5-7-14)12(17)13(18-3)9(2)11(8)15/h17H,4-7,16H2,1-3H3. The number of halogens is 1. The van der Waals surface area contributed by atoms with Crippen LogP contribution in [0.5, 0.6) is 11.5 Å². The first-order valence-electron chi connectivity index (χ1n) is 6.27. The summed E-state index contributed by atoms with van der Waals surface area (Å²) in [5, 5.41) is 10.5. The van der Waals surface area contributed by atoms with Gasteiger partial charge in [0.1, 0.15) is 0 Å². The van der Waals surface area contributed by atoms with Gasteiger partial charge >= 0.3 is 0 Å². The first kappa shape index (κ1) is 13.7. The Morgan fingerprint density at radius 3 is 2.28 bits per heavy atom. The van der Waals surface area contributed by atoms with Crippen molar-refractivity contribution in [1.29, 1.82) is 0 Å². The monoisotopic (exact) mass is 313 g/mol. The van der Waals surface area contributed by atoms with Gasteiger partial charge in [-0.1, -0.05) is 28.8 Å². The molecule has 100 valence electrons. The van der Waals surface area contributed by atoms with Gasteiger partial charge in [0.25, 0.3) is 0 Å². The summed E-state index contributed by atoms with van der Waals surface area (Å²) in [5.41, 5.74) is 8.85. The maximum atomic E-state index is 10.5. The topological polar surface area (TPSA) is 55.5 Å². The summed E-state index contributed by atoms with van der Waals surface area (Å²) in [6, 6.07) is 0. The molecule has 0 aromatic heterocycles. The lowest BCUT2D eigenvalue weighted by Crippen LogP contribution is -2.34. The Kier molecular flexibility index (Phi) is 3.60. The number of hydrogen-bond donors (Lipinski definition) is 2. The Morgan fingerprint density at radius 2 is 1.78 bits per heavy atom. The number of nitrogens with two attached hydrogens (primary N) is 1. The molecule has 4 heteroatoms. The fourth-order valence-corrected chi connectivity index (χ4v) is 3.45. The van der Waals surface area contributed by atoms with E-state index in [2.05, 4.69) is 15.9 Å². The number of hydrogen-bond acceptors (Lipinski definition) is 3. The average Bonchev–Trinajstić information content (AvgIpc) is 2.75. The predicted molar refractivity (Wildman–Crippen MR) is 76.2 cm³/mol. The molecule has 1 aromatic carbocycles. The molecule has 0 aliphatic heterocycles. The molecule has 1 aromatic rings. The minimum atomic E-state index is -0.419. The van der Waals surface area contributed by atoms with Gasteiger partial charge in [-0.25, -0.2) is 0 Å². The van der Waals surface area contributed by atoms with Gasteiger partial charge < -0.3 is 15.6 Å². The van der Waals surface area contributed by atoms with E-state index in [1.54, 1.807) is 7.11 Å². The van der Waals surface area contributed by atoms with E-state index in [1.165, 1.54) is 0 Å². The summed E-state index contributed by atoms with van der Waals surface area (Å²) >= 11 is 3.58. The van der Waals surface area contributed by atoms with Crippen LogP contribution in [0.2, 0.25) is 0 Å². The highest BCUT2D eigenvalue weighted by Crippen LogP contribution is 2.49. The van der Waals surface area contributed by atoms with Crippen LogP contribution < -0.4 is 10.5 Å². The van der Waals surface area contributed by atoms with Crippen molar-refractivity contribution >= 4 is 15.9 Å². The molecule has 0 amide bonds. The number of methoxy groups -OCH3 is 1. The maximum absolute atomic E-state index is 10.5. The van der Waals surface area contributed by atoms with Crippen molar-refractivity contribution < 1.29 is 9.84 Å². The Bertz CT molecular complexity index is 479. The highest BCUT2D eigenvalue weighted by Gasteiger charge is 2.37. The zero-order chi connectivity index (χ0) is 13.5. The van der Waals surface area contributed by atoms with Crippen molar-refractivity contribution in [3.8, 4) is 11.5 Å². The minimum Gasteiger partial charge on any atom is -0.504 e. The second-order valence-electron chi connectivity index (χ2n) is 5.18. The molecule has 0 saturated heterocycles. The molecule has 1 fully saturated rings. The van der Waals surface area contributed by atoms with Gasteiger partial charge in [0.15, 0.2) is 11.5 Å². The van der Waals surface area contributed by atoms with Crippen LogP contribution in [-0.2, 0) is 5.54 Å². The fourth-order valence-electron chi connectivity index (χ4n) is 3.07. The van der Waals surface area contributed by atoms with E-state index in [9.17, 15) is 5.11 Å². The van der Waals surface area contributed by atoms with Gasteiger partial charge in [0.05, 0.1) is 7.11 Å². The van der Waals surface area contributed by atoms with E-state index in [4.69, 9.17) is 10.5 Å². The highest BCUT2D eigenvalue weighted by molar-refractivity contribution is 9.10. The number of phenols is 1. The number of ether oxygens (including phenoxy) is 1. The Hall–Kier alpha value is -0.740. The zero-order valence-electron chi connectivity index (χ0n) is 11.1. The van der Waals surface area contributed by atoms with Crippen LogP contribution in [0.3, 0.4) is 0 Å². The first-order valence-corrected chi connectivity index (χ1v) is 7.06. The smallest absolute Gasteiger partial charge is 0.164 e. The predicted octanol–water partition coefficient (Wildman–Crippen LogP) is 3.51. The van der Waals surface area contributed by atoms with Crippen molar-refractivity contribution in [2.45, 2.75) is 45.1 Å². The number of aromatic hydroxyl groups is 1. The molecule has 1 aliphatic carbocycles. The minimum absolute atomic E-state index is 0.208. The lowest BCUT2D eigenvalue weighted by molar-refractivity contribution is 0.351. The van der Waals surface area contributed by atoms with Crippen molar-refractivity contribution in [3.05, 3.63) is 21.2 Å². The van der Waals surface area contributed by atoms with Crippen LogP contribution in [0.4, 0.5) is 0 Å². The number of phenolic OH excluding ortho intramolecular Hbond substituents is 1. The Labute approximate surface area is 116 Å². The van der Waals surface area contributed by atoms with Gasteiger partial charge in [-0.05, 0) is 32.3 Å². The normalized spacial score (nSPS) is 18.1. The van der Waals surface area contributed by atoms with Gasteiger partial charge in [-0.3, -0.25) is 0 Å². The lowest BCUT2D eigenvalue weighted by atomic mass is 9.84. The van der Waals surface area contributed by atoms with Crippen LogP contribution in [-0.4, -0.2) is 12.2 Å². The maximum Gasteiger partial charge on any atom is 0.164 e. The van der Waals surface area contributed by atoms with Crippen LogP contribution in [0.1, 0.15) is 42.4 Å². The van der Waals surface area contributed by atoms with E-state index >= 15 is 0 Å². The summed E-state index contributed by atoms with van der Waals surface area (Å²) in [6.45, 7) is 3.93. The van der Waals surface area contributed by atoms with Crippen molar-refractivity contribution in [1.82, 2.24) is 0 Å². The Balaban J connectivity index is 2.70. The van der Waals surface area contributed by atoms with E-state index in [0.29, 0.717) is 5.75 Å². The molecule has 0 unspecified atom stereocenters. The lowest BCUT2D eigenvalue weighted by Gasteiger charge is -2.29. The van der Waals surface area contributed by atoms with E-state index < -0.39 is 5.54 Å². The quantitative estimate of drug-likeness (QED) is 0.878. The molecule has 1 saturated carbocycles. The molecule has 0 spiro atoms. The molecule has 0 atom stereocenters.